The van der Waals surface area contributed by atoms with Gasteiger partial charge >= 0.3 is 6.03 Å². The number of rotatable bonds is 3. The summed E-state index contributed by atoms with van der Waals surface area (Å²) in [5.74, 6) is 0. The molecule has 0 aliphatic carbocycles. The van der Waals surface area contributed by atoms with Crippen molar-refractivity contribution in [1.82, 2.24) is 9.71 Å². The fourth-order valence-corrected chi connectivity index (χ4v) is 2.44. The Labute approximate surface area is 110 Å². The number of primary amides is 1. The Morgan fingerprint density at radius 2 is 1.53 bits per heavy atom. The van der Waals surface area contributed by atoms with E-state index >= 15 is 0 Å². The summed E-state index contributed by atoms with van der Waals surface area (Å²) >= 11 is 0. The van der Waals surface area contributed by atoms with Crippen molar-refractivity contribution in [2.75, 3.05) is 0 Å². The number of carbonyl (C=O) groups is 1. The minimum Gasteiger partial charge on any atom is -0.351 e. The molecule has 0 spiro atoms. The summed E-state index contributed by atoms with van der Waals surface area (Å²) in [6.45, 7) is 0. The van der Waals surface area contributed by atoms with Gasteiger partial charge in [-0.05, 0) is 35.4 Å². The molecule has 2 rings (SSSR count). The molecule has 1 aromatic carbocycles. The highest BCUT2D eigenvalue weighted by Crippen LogP contribution is 2.20. The van der Waals surface area contributed by atoms with E-state index in [0.29, 0.717) is 0 Å². The average molecular weight is 277 g/mol. The van der Waals surface area contributed by atoms with Gasteiger partial charge in [-0.25, -0.2) is 17.9 Å². The first-order valence-corrected chi connectivity index (χ1v) is 6.80. The Kier molecular flexibility index (Phi) is 3.48. The Morgan fingerprint density at radius 3 is 2.05 bits per heavy atom. The summed E-state index contributed by atoms with van der Waals surface area (Å²) in [7, 11) is -3.90. The van der Waals surface area contributed by atoms with Gasteiger partial charge in [-0.15, -0.1) is 0 Å². The van der Waals surface area contributed by atoms with Crippen LogP contribution in [0.15, 0.2) is 53.7 Å². The van der Waals surface area contributed by atoms with Crippen LogP contribution in [0.5, 0.6) is 0 Å². The van der Waals surface area contributed by atoms with E-state index < -0.39 is 16.1 Å². The van der Waals surface area contributed by atoms with E-state index in [4.69, 9.17) is 5.73 Å². The summed E-state index contributed by atoms with van der Waals surface area (Å²) in [6.07, 6.45) is 3.29. The largest absolute Gasteiger partial charge is 0.351 e. The summed E-state index contributed by atoms with van der Waals surface area (Å²) in [5.41, 5.74) is 6.57. The normalized spacial score (nSPS) is 10.9. The number of nitrogens with two attached hydrogens (primary N) is 1. The van der Waals surface area contributed by atoms with Crippen molar-refractivity contribution in [1.29, 1.82) is 0 Å². The molecule has 0 fully saturated rings. The van der Waals surface area contributed by atoms with Crippen LogP contribution in [0.2, 0.25) is 0 Å². The molecule has 0 radical (unpaired) electrons. The van der Waals surface area contributed by atoms with E-state index in [1.54, 1.807) is 29.2 Å². The Balaban J connectivity index is 2.32. The van der Waals surface area contributed by atoms with Crippen LogP contribution in [0.3, 0.4) is 0 Å². The number of aromatic nitrogens is 1. The molecule has 2 amide bonds. The summed E-state index contributed by atoms with van der Waals surface area (Å²) in [4.78, 5) is 14.5. The maximum atomic E-state index is 11.7. The predicted octanol–water partition coefficient (Wildman–Crippen LogP) is 1.11. The van der Waals surface area contributed by atoms with Crippen molar-refractivity contribution in [3.8, 4) is 11.1 Å². The number of urea groups is 1. The smallest absolute Gasteiger partial charge is 0.326 e. The lowest BCUT2D eigenvalue weighted by Gasteiger charge is -2.06. The van der Waals surface area contributed by atoms with E-state index in [0.717, 1.165) is 11.1 Å². The summed E-state index contributed by atoms with van der Waals surface area (Å²) in [5, 5.41) is 0. The van der Waals surface area contributed by atoms with Gasteiger partial charge in [-0.3, -0.25) is 4.98 Å². The highest BCUT2D eigenvalue weighted by atomic mass is 32.2. The molecule has 0 bridgehead atoms. The van der Waals surface area contributed by atoms with Gasteiger partial charge in [0.25, 0.3) is 10.0 Å². The summed E-state index contributed by atoms with van der Waals surface area (Å²) in [6, 6.07) is 8.60. The molecule has 2 aromatic rings. The molecular weight excluding hydrogens is 266 g/mol. The van der Waals surface area contributed by atoms with Gasteiger partial charge in [-0.1, -0.05) is 12.1 Å². The Hall–Kier alpha value is -2.41. The van der Waals surface area contributed by atoms with Crippen LogP contribution in [0.25, 0.3) is 11.1 Å². The molecular formula is C12H11N3O3S. The maximum Gasteiger partial charge on any atom is 0.326 e. The predicted molar refractivity (Wildman–Crippen MR) is 69.6 cm³/mol. The summed E-state index contributed by atoms with van der Waals surface area (Å²) < 4.78 is 25.0. The van der Waals surface area contributed by atoms with Crippen molar-refractivity contribution >= 4 is 16.1 Å². The minimum atomic E-state index is -3.90. The zero-order valence-electron chi connectivity index (χ0n) is 9.78. The van der Waals surface area contributed by atoms with Gasteiger partial charge in [0.1, 0.15) is 0 Å². The second-order valence-electron chi connectivity index (χ2n) is 3.73. The zero-order valence-corrected chi connectivity index (χ0v) is 10.6. The lowest BCUT2D eigenvalue weighted by Crippen LogP contribution is -2.34. The monoisotopic (exact) mass is 277 g/mol. The Bertz CT molecular complexity index is 682. The number of amides is 2. The zero-order chi connectivity index (χ0) is 13.9. The van der Waals surface area contributed by atoms with Crippen LogP contribution in [0, 0.1) is 0 Å². The lowest BCUT2D eigenvalue weighted by molar-refractivity contribution is 0.253. The SMILES string of the molecule is NC(=O)NS(=O)(=O)c1ccc(-c2ccncc2)cc1. The number of hydrogen-bond acceptors (Lipinski definition) is 4. The number of nitrogens with one attached hydrogen (secondary N) is 1. The first kappa shape index (κ1) is 13.0. The van der Waals surface area contributed by atoms with Gasteiger partial charge in [-0.2, -0.15) is 0 Å². The van der Waals surface area contributed by atoms with Crippen molar-refractivity contribution in [2.24, 2.45) is 5.73 Å². The highest BCUT2D eigenvalue weighted by Gasteiger charge is 2.15. The van der Waals surface area contributed by atoms with Crippen LogP contribution in [-0.2, 0) is 10.0 Å². The van der Waals surface area contributed by atoms with Crippen molar-refractivity contribution in [3.63, 3.8) is 0 Å². The van der Waals surface area contributed by atoms with Gasteiger partial charge in [0, 0.05) is 12.4 Å². The first-order valence-electron chi connectivity index (χ1n) is 5.32. The van der Waals surface area contributed by atoms with Crippen molar-refractivity contribution in [2.45, 2.75) is 4.90 Å². The van der Waals surface area contributed by atoms with Crippen LogP contribution in [-0.4, -0.2) is 19.4 Å². The third kappa shape index (κ3) is 3.08. The van der Waals surface area contributed by atoms with Crippen molar-refractivity contribution < 1.29 is 13.2 Å². The number of benzene rings is 1. The lowest BCUT2D eigenvalue weighted by atomic mass is 10.1. The van der Waals surface area contributed by atoms with E-state index in [1.165, 1.54) is 12.1 Å². The second kappa shape index (κ2) is 5.07. The molecule has 0 atom stereocenters. The van der Waals surface area contributed by atoms with Gasteiger partial charge in [0.2, 0.25) is 0 Å². The number of pyridine rings is 1. The molecule has 1 aromatic heterocycles. The molecule has 7 heteroatoms. The molecule has 0 aliphatic rings. The molecule has 19 heavy (non-hydrogen) atoms. The second-order valence-corrected chi connectivity index (χ2v) is 5.41. The van der Waals surface area contributed by atoms with Gasteiger partial charge in [0.05, 0.1) is 4.90 Å². The molecule has 0 unspecified atom stereocenters. The third-order valence-corrected chi connectivity index (χ3v) is 3.78. The minimum absolute atomic E-state index is 0.0240. The van der Waals surface area contributed by atoms with E-state index in [2.05, 4.69) is 4.98 Å². The molecule has 0 saturated carbocycles. The van der Waals surface area contributed by atoms with E-state index in [1.807, 2.05) is 12.1 Å². The standard InChI is InChI=1S/C12H11N3O3S/c13-12(16)15-19(17,18)11-3-1-9(2-4-11)10-5-7-14-8-6-10/h1-8H,(H3,13,15,16). The fourth-order valence-electron chi connectivity index (χ4n) is 1.56. The quantitative estimate of drug-likeness (QED) is 0.877. The third-order valence-electron chi connectivity index (χ3n) is 2.41. The van der Waals surface area contributed by atoms with Crippen LogP contribution >= 0.6 is 0 Å². The molecule has 6 nitrogen and oxygen atoms in total. The topological polar surface area (TPSA) is 102 Å². The van der Waals surface area contributed by atoms with Crippen LogP contribution < -0.4 is 10.5 Å². The maximum absolute atomic E-state index is 11.7. The molecule has 0 aliphatic heterocycles. The molecule has 1 heterocycles. The fraction of sp³-hybridized carbons (Fsp3) is 0. The number of carbonyl (C=O) groups excluding carboxylic acids is 1. The highest BCUT2D eigenvalue weighted by molar-refractivity contribution is 7.90. The molecule has 3 N–H and O–H groups in total. The number of hydrogen-bond donors (Lipinski definition) is 2. The van der Waals surface area contributed by atoms with Crippen LogP contribution in [0.4, 0.5) is 4.79 Å². The van der Waals surface area contributed by atoms with Gasteiger partial charge in [0.15, 0.2) is 0 Å². The number of nitrogens with zero attached hydrogens (tertiary/aromatic N) is 1. The van der Waals surface area contributed by atoms with E-state index in [-0.39, 0.29) is 4.90 Å². The molecule has 98 valence electrons. The van der Waals surface area contributed by atoms with Crippen LogP contribution in [0.1, 0.15) is 0 Å². The van der Waals surface area contributed by atoms with E-state index in [9.17, 15) is 13.2 Å². The Morgan fingerprint density at radius 1 is 1.00 bits per heavy atom. The van der Waals surface area contributed by atoms with Crippen molar-refractivity contribution in [3.05, 3.63) is 48.8 Å². The first-order chi connectivity index (χ1) is 8.99. The van der Waals surface area contributed by atoms with Gasteiger partial charge < -0.3 is 5.73 Å². The number of sulfonamides is 1. The average Bonchev–Trinajstić information content (AvgIpc) is 2.38. The molecule has 0 saturated heterocycles.